The lowest BCUT2D eigenvalue weighted by atomic mass is 10.1. The van der Waals surface area contributed by atoms with E-state index in [2.05, 4.69) is 10.3 Å². The van der Waals surface area contributed by atoms with Gasteiger partial charge in [0, 0.05) is 17.6 Å². The minimum absolute atomic E-state index is 0.0441. The predicted molar refractivity (Wildman–Crippen MR) is 82.0 cm³/mol. The number of sulfonamides is 1. The Balaban J connectivity index is 1.83. The number of nitrogens with two attached hydrogens (primary N) is 1. The van der Waals surface area contributed by atoms with Crippen LogP contribution in [0, 0.1) is 0 Å². The zero-order valence-electron chi connectivity index (χ0n) is 11.7. The van der Waals surface area contributed by atoms with Crippen LogP contribution in [0.15, 0.2) is 41.4 Å². The summed E-state index contributed by atoms with van der Waals surface area (Å²) >= 11 is 0. The summed E-state index contributed by atoms with van der Waals surface area (Å²) in [7, 11) is -3.80. The number of aryl methyl sites for hydroxylation is 2. The van der Waals surface area contributed by atoms with Crippen molar-refractivity contribution in [1.29, 1.82) is 0 Å². The SMILES string of the molecule is NS(=O)(=O)c1cccc(NC(=O)c2cnc3c(c2)CCC3)c1. The van der Waals surface area contributed by atoms with E-state index in [1.807, 2.05) is 6.07 Å². The molecule has 2 aromatic rings. The molecule has 1 aromatic carbocycles. The van der Waals surface area contributed by atoms with Crippen LogP contribution in [-0.2, 0) is 22.9 Å². The first-order valence-corrected chi connectivity index (χ1v) is 8.40. The van der Waals surface area contributed by atoms with Gasteiger partial charge < -0.3 is 5.32 Å². The molecule has 0 saturated carbocycles. The van der Waals surface area contributed by atoms with Crippen molar-refractivity contribution in [2.75, 3.05) is 5.32 Å². The van der Waals surface area contributed by atoms with Crippen LogP contribution in [0.1, 0.15) is 28.0 Å². The first kappa shape index (κ1) is 14.7. The summed E-state index contributed by atoms with van der Waals surface area (Å²) in [6.45, 7) is 0. The maximum atomic E-state index is 12.2. The number of benzene rings is 1. The highest BCUT2D eigenvalue weighted by atomic mass is 32.2. The Hall–Kier alpha value is -2.25. The Kier molecular flexibility index (Phi) is 3.67. The van der Waals surface area contributed by atoms with E-state index in [1.54, 1.807) is 12.3 Å². The molecule has 3 N–H and O–H groups in total. The molecule has 22 heavy (non-hydrogen) atoms. The van der Waals surface area contributed by atoms with Crippen LogP contribution < -0.4 is 10.5 Å². The Morgan fingerprint density at radius 1 is 1.23 bits per heavy atom. The average Bonchev–Trinajstić information content (AvgIpc) is 2.94. The van der Waals surface area contributed by atoms with E-state index in [0.29, 0.717) is 11.3 Å². The Labute approximate surface area is 128 Å². The third kappa shape index (κ3) is 3.00. The van der Waals surface area contributed by atoms with Crippen molar-refractivity contribution in [3.63, 3.8) is 0 Å². The number of hydrogen-bond acceptors (Lipinski definition) is 4. The second-order valence-electron chi connectivity index (χ2n) is 5.21. The fraction of sp³-hybridized carbons (Fsp3) is 0.200. The van der Waals surface area contributed by atoms with Crippen molar-refractivity contribution in [2.45, 2.75) is 24.2 Å². The van der Waals surface area contributed by atoms with Crippen molar-refractivity contribution in [2.24, 2.45) is 5.14 Å². The Morgan fingerprint density at radius 2 is 2.05 bits per heavy atom. The van der Waals surface area contributed by atoms with Gasteiger partial charge in [0.25, 0.3) is 5.91 Å². The summed E-state index contributed by atoms with van der Waals surface area (Å²) in [6.07, 6.45) is 4.49. The molecule has 7 heteroatoms. The number of hydrogen-bond donors (Lipinski definition) is 2. The molecule has 0 unspecified atom stereocenters. The van der Waals surface area contributed by atoms with Crippen LogP contribution in [0.5, 0.6) is 0 Å². The molecule has 0 aliphatic heterocycles. The maximum Gasteiger partial charge on any atom is 0.257 e. The minimum atomic E-state index is -3.80. The standard InChI is InChI=1S/C15H15N3O3S/c16-22(20,21)13-5-2-4-12(8-13)18-15(19)11-7-10-3-1-6-14(10)17-9-11/h2,4-5,7-9H,1,3,6H2,(H,18,19)(H2,16,20,21). The highest BCUT2D eigenvalue weighted by Crippen LogP contribution is 2.21. The molecule has 0 radical (unpaired) electrons. The molecular formula is C15H15N3O3S. The highest BCUT2D eigenvalue weighted by molar-refractivity contribution is 7.89. The number of carbonyl (C=O) groups excluding carboxylic acids is 1. The number of amides is 1. The van der Waals surface area contributed by atoms with Crippen molar-refractivity contribution >= 4 is 21.6 Å². The molecule has 3 rings (SSSR count). The van der Waals surface area contributed by atoms with Crippen LogP contribution in [0.3, 0.4) is 0 Å². The molecule has 0 saturated heterocycles. The van der Waals surface area contributed by atoms with E-state index in [4.69, 9.17) is 5.14 Å². The Morgan fingerprint density at radius 3 is 2.82 bits per heavy atom. The number of fused-ring (bicyclic) bond motifs is 1. The van der Waals surface area contributed by atoms with Crippen molar-refractivity contribution in [3.05, 3.63) is 53.3 Å². The van der Waals surface area contributed by atoms with Crippen LogP contribution in [0.2, 0.25) is 0 Å². The molecule has 114 valence electrons. The molecular weight excluding hydrogens is 302 g/mol. The monoisotopic (exact) mass is 317 g/mol. The van der Waals surface area contributed by atoms with Crippen LogP contribution in [0.25, 0.3) is 0 Å². The van der Waals surface area contributed by atoms with Gasteiger partial charge in [-0.05, 0) is 49.1 Å². The van der Waals surface area contributed by atoms with Gasteiger partial charge in [-0.2, -0.15) is 0 Å². The summed E-state index contributed by atoms with van der Waals surface area (Å²) in [6, 6.07) is 7.67. The molecule has 1 amide bonds. The van der Waals surface area contributed by atoms with E-state index in [9.17, 15) is 13.2 Å². The molecule has 1 heterocycles. The van der Waals surface area contributed by atoms with Gasteiger partial charge in [-0.15, -0.1) is 0 Å². The predicted octanol–water partition coefficient (Wildman–Crippen LogP) is 1.47. The number of nitrogens with one attached hydrogen (secondary N) is 1. The second kappa shape index (κ2) is 5.51. The lowest BCUT2D eigenvalue weighted by Gasteiger charge is -2.07. The quantitative estimate of drug-likeness (QED) is 0.894. The lowest BCUT2D eigenvalue weighted by Crippen LogP contribution is -2.15. The normalized spacial score (nSPS) is 13.7. The van der Waals surface area contributed by atoms with E-state index < -0.39 is 10.0 Å². The lowest BCUT2D eigenvalue weighted by molar-refractivity contribution is 0.102. The molecule has 0 atom stereocenters. The highest BCUT2D eigenvalue weighted by Gasteiger charge is 2.16. The summed E-state index contributed by atoms with van der Waals surface area (Å²) in [5.41, 5.74) is 2.98. The smallest absolute Gasteiger partial charge is 0.257 e. The molecule has 6 nitrogen and oxygen atoms in total. The largest absolute Gasteiger partial charge is 0.322 e. The number of anilines is 1. The van der Waals surface area contributed by atoms with Gasteiger partial charge in [0.1, 0.15) is 0 Å². The van der Waals surface area contributed by atoms with Crippen LogP contribution >= 0.6 is 0 Å². The fourth-order valence-electron chi connectivity index (χ4n) is 2.50. The van der Waals surface area contributed by atoms with E-state index in [0.717, 1.165) is 30.5 Å². The third-order valence-electron chi connectivity index (χ3n) is 3.60. The first-order chi connectivity index (χ1) is 10.4. The van der Waals surface area contributed by atoms with Gasteiger partial charge in [-0.1, -0.05) is 6.07 Å². The Bertz CT molecular complexity index is 847. The maximum absolute atomic E-state index is 12.2. The second-order valence-corrected chi connectivity index (χ2v) is 6.77. The van der Waals surface area contributed by atoms with Crippen molar-refractivity contribution in [1.82, 2.24) is 4.98 Å². The first-order valence-electron chi connectivity index (χ1n) is 6.85. The van der Waals surface area contributed by atoms with Gasteiger partial charge in [-0.3, -0.25) is 9.78 Å². The van der Waals surface area contributed by atoms with Crippen LogP contribution in [0.4, 0.5) is 5.69 Å². The number of pyridine rings is 1. The molecule has 0 bridgehead atoms. The molecule has 1 aliphatic carbocycles. The summed E-state index contributed by atoms with van der Waals surface area (Å²) in [5, 5.41) is 7.74. The van der Waals surface area contributed by atoms with Gasteiger partial charge in [0.15, 0.2) is 0 Å². The van der Waals surface area contributed by atoms with Gasteiger partial charge in [0.2, 0.25) is 10.0 Å². The minimum Gasteiger partial charge on any atom is -0.322 e. The summed E-state index contributed by atoms with van der Waals surface area (Å²) < 4.78 is 22.6. The number of nitrogens with zero attached hydrogens (tertiary/aromatic N) is 1. The number of aromatic nitrogens is 1. The van der Waals surface area contributed by atoms with Gasteiger partial charge in [-0.25, -0.2) is 13.6 Å². The molecule has 1 aromatic heterocycles. The third-order valence-corrected chi connectivity index (χ3v) is 4.51. The van der Waals surface area contributed by atoms with Gasteiger partial charge in [0.05, 0.1) is 10.5 Å². The molecule has 0 spiro atoms. The van der Waals surface area contributed by atoms with E-state index in [1.165, 1.54) is 18.2 Å². The number of carbonyl (C=O) groups is 1. The van der Waals surface area contributed by atoms with Crippen LogP contribution in [-0.4, -0.2) is 19.3 Å². The van der Waals surface area contributed by atoms with E-state index in [-0.39, 0.29) is 10.8 Å². The van der Waals surface area contributed by atoms with Gasteiger partial charge >= 0.3 is 0 Å². The average molecular weight is 317 g/mol. The van der Waals surface area contributed by atoms with Crippen molar-refractivity contribution in [3.8, 4) is 0 Å². The fourth-order valence-corrected chi connectivity index (χ4v) is 3.06. The summed E-state index contributed by atoms with van der Waals surface area (Å²) in [5.74, 6) is -0.325. The van der Waals surface area contributed by atoms with E-state index >= 15 is 0 Å². The zero-order chi connectivity index (χ0) is 15.7. The number of rotatable bonds is 3. The molecule has 0 fully saturated rings. The topological polar surface area (TPSA) is 102 Å². The van der Waals surface area contributed by atoms with Crippen molar-refractivity contribution < 1.29 is 13.2 Å². The molecule has 1 aliphatic rings. The summed E-state index contributed by atoms with van der Waals surface area (Å²) in [4.78, 5) is 16.5. The number of primary sulfonamides is 1. The zero-order valence-corrected chi connectivity index (χ0v) is 12.6.